The van der Waals surface area contributed by atoms with Crippen molar-refractivity contribution in [2.24, 2.45) is 11.0 Å². The third kappa shape index (κ3) is 1.98. The fourth-order valence-corrected chi connectivity index (χ4v) is 3.08. The minimum atomic E-state index is -0.264. The molecule has 0 unspecified atom stereocenters. The Morgan fingerprint density at radius 2 is 2.14 bits per heavy atom. The lowest BCUT2D eigenvalue weighted by molar-refractivity contribution is 0.253. The highest BCUT2D eigenvalue weighted by atomic mass is 19.1. The summed E-state index contributed by atoms with van der Waals surface area (Å²) in [5, 5.41) is 4.45. The van der Waals surface area contributed by atoms with Crippen molar-refractivity contribution >= 4 is 5.71 Å². The second-order valence-electron chi connectivity index (χ2n) is 5.58. The van der Waals surface area contributed by atoms with Crippen molar-refractivity contribution in [3.8, 4) is 5.75 Å². The lowest BCUT2D eigenvalue weighted by atomic mass is 9.86. The fourth-order valence-electron chi connectivity index (χ4n) is 3.08. The van der Waals surface area contributed by atoms with Crippen molar-refractivity contribution in [2.75, 3.05) is 6.61 Å². The van der Waals surface area contributed by atoms with Gasteiger partial charge >= 0.3 is 0 Å². The van der Waals surface area contributed by atoms with Gasteiger partial charge in [0.05, 0.1) is 24.3 Å². The summed E-state index contributed by atoms with van der Waals surface area (Å²) in [4.78, 5) is 0. The predicted molar refractivity (Wildman–Crippen MR) is 79.0 cm³/mol. The molecule has 0 radical (unpaired) electrons. The van der Waals surface area contributed by atoms with E-state index < -0.39 is 0 Å². The number of halogens is 1. The van der Waals surface area contributed by atoms with Crippen LogP contribution in [-0.4, -0.2) is 12.3 Å². The number of aryl methyl sites for hydroxylation is 1. The monoisotopic (exact) mass is 282 g/mol. The first-order valence-electron chi connectivity index (χ1n) is 7.05. The molecule has 0 saturated heterocycles. The molecule has 4 heteroatoms. The Balaban J connectivity index is 1.72. The summed E-state index contributed by atoms with van der Waals surface area (Å²) in [5.74, 6) is 0.555. The molecule has 0 amide bonds. The molecule has 2 aromatic rings. The van der Waals surface area contributed by atoms with Gasteiger partial charge in [-0.25, -0.2) is 4.39 Å². The summed E-state index contributed by atoms with van der Waals surface area (Å²) in [7, 11) is 0. The molecule has 2 aliphatic heterocycles. The van der Waals surface area contributed by atoms with E-state index >= 15 is 0 Å². The summed E-state index contributed by atoms with van der Waals surface area (Å²) < 4.78 is 19.3. The second-order valence-corrected chi connectivity index (χ2v) is 5.58. The van der Waals surface area contributed by atoms with Gasteiger partial charge in [0.25, 0.3) is 0 Å². The molecule has 4 rings (SSSR count). The van der Waals surface area contributed by atoms with E-state index in [0.717, 1.165) is 11.3 Å². The minimum Gasteiger partial charge on any atom is -0.492 e. The van der Waals surface area contributed by atoms with Crippen LogP contribution in [0.4, 0.5) is 4.39 Å². The van der Waals surface area contributed by atoms with Crippen LogP contribution >= 0.6 is 0 Å². The highest BCUT2D eigenvalue weighted by Crippen LogP contribution is 2.37. The van der Waals surface area contributed by atoms with E-state index in [1.165, 1.54) is 23.3 Å². The van der Waals surface area contributed by atoms with Crippen LogP contribution in [0.5, 0.6) is 5.75 Å². The number of hydrogen-bond acceptors (Lipinski definition) is 3. The van der Waals surface area contributed by atoms with Gasteiger partial charge in [0.15, 0.2) is 0 Å². The highest BCUT2D eigenvalue weighted by molar-refractivity contribution is 6.06. The lowest BCUT2D eigenvalue weighted by Gasteiger charge is -2.27. The van der Waals surface area contributed by atoms with Gasteiger partial charge in [-0.2, -0.15) is 5.10 Å². The van der Waals surface area contributed by atoms with Crippen molar-refractivity contribution in [3.63, 3.8) is 0 Å². The molecule has 2 aromatic carbocycles. The summed E-state index contributed by atoms with van der Waals surface area (Å²) in [6.45, 7) is 2.63. The lowest BCUT2D eigenvalue weighted by Crippen LogP contribution is -2.31. The number of rotatable bonds is 1. The van der Waals surface area contributed by atoms with E-state index in [-0.39, 0.29) is 17.8 Å². The Morgan fingerprint density at radius 3 is 3.00 bits per heavy atom. The van der Waals surface area contributed by atoms with Gasteiger partial charge in [0.1, 0.15) is 11.6 Å². The number of fused-ring (bicyclic) bond motifs is 3. The van der Waals surface area contributed by atoms with E-state index in [1.807, 2.05) is 6.07 Å². The Bertz CT molecular complexity index is 741. The topological polar surface area (TPSA) is 33.6 Å². The minimum absolute atomic E-state index is 0.0799. The highest BCUT2D eigenvalue weighted by Gasteiger charge is 2.38. The molecule has 0 spiro atoms. The Kier molecular flexibility index (Phi) is 2.70. The molecule has 21 heavy (non-hydrogen) atoms. The number of hydrazone groups is 1. The average Bonchev–Trinajstić information content (AvgIpc) is 2.91. The number of ether oxygens (including phenoxy) is 1. The first kappa shape index (κ1) is 12.4. The van der Waals surface area contributed by atoms with Crippen LogP contribution in [0.2, 0.25) is 0 Å². The maximum atomic E-state index is 13.5. The quantitative estimate of drug-likeness (QED) is 0.871. The smallest absolute Gasteiger partial charge is 0.128 e. The van der Waals surface area contributed by atoms with Gasteiger partial charge in [-0.15, -0.1) is 0 Å². The summed E-state index contributed by atoms with van der Waals surface area (Å²) in [5.41, 5.74) is 7.23. The van der Waals surface area contributed by atoms with Gasteiger partial charge in [0.2, 0.25) is 0 Å². The van der Waals surface area contributed by atoms with Crippen LogP contribution in [0.15, 0.2) is 47.6 Å². The molecular weight excluding hydrogens is 267 g/mol. The number of nitrogens with one attached hydrogen (secondary N) is 1. The Labute approximate surface area is 122 Å². The summed E-state index contributed by atoms with van der Waals surface area (Å²) >= 11 is 0. The maximum absolute atomic E-state index is 13.5. The van der Waals surface area contributed by atoms with Gasteiger partial charge in [0, 0.05) is 5.56 Å². The van der Waals surface area contributed by atoms with E-state index in [2.05, 4.69) is 35.7 Å². The number of hydrogen-bond donors (Lipinski definition) is 1. The van der Waals surface area contributed by atoms with Crippen molar-refractivity contribution in [1.82, 2.24) is 5.43 Å². The Morgan fingerprint density at radius 1 is 1.24 bits per heavy atom. The molecular formula is C17H15FN2O. The SMILES string of the molecule is Cc1cccc([C@H]2NN=C3c4cc(F)ccc4OC[C@H]32)c1. The van der Waals surface area contributed by atoms with Crippen molar-refractivity contribution < 1.29 is 9.13 Å². The predicted octanol–water partition coefficient (Wildman–Crippen LogP) is 3.19. The molecule has 2 heterocycles. The number of nitrogens with zero attached hydrogens (tertiary/aromatic N) is 1. The summed E-state index contributed by atoms with van der Waals surface area (Å²) in [6, 6.07) is 13.0. The van der Waals surface area contributed by atoms with Gasteiger partial charge < -0.3 is 10.2 Å². The van der Waals surface area contributed by atoms with Crippen LogP contribution in [0.3, 0.4) is 0 Å². The second kappa shape index (κ2) is 4.58. The van der Waals surface area contributed by atoms with E-state index in [0.29, 0.717) is 12.4 Å². The van der Waals surface area contributed by atoms with Crippen molar-refractivity contribution in [2.45, 2.75) is 13.0 Å². The largest absolute Gasteiger partial charge is 0.492 e. The normalized spacial score (nSPS) is 22.7. The molecule has 0 bridgehead atoms. The van der Waals surface area contributed by atoms with Crippen LogP contribution < -0.4 is 10.2 Å². The molecule has 0 saturated carbocycles. The van der Waals surface area contributed by atoms with Gasteiger partial charge in [-0.1, -0.05) is 29.8 Å². The maximum Gasteiger partial charge on any atom is 0.128 e. The first-order valence-corrected chi connectivity index (χ1v) is 7.05. The molecule has 0 aromatic heterocycles. The van der Waals surface area contributed by atoms with Crippen LogP contribution in [0.25, 0.3) is 0 Å². The van der Waals surface area contributed by atoms with Gasteiger partial charge in [-0.3, -0.25) is 0 Å². The third-order valence-electron chi connectivity index (χ3n) is 4.11. The number of benzene rings is 2. The standard InChI is InChI=1S/C17H15FN2O/c1-10-3-2-4-11(7-10)16-14-9-21-15-6-5-12(18)8-13(15)17(14)20-19-16/h2-8,14,16,19H,9H2,1H3/t14-,16+/m0/s1. The first-order chi connectivity index (χ1) is 10.2. The van der Waals surface area contributed by atoms with Gasteiger partial charge in [-0.05, 0) is 30.7 Å². The van der Waals surface area contributed by atoms with Crippen LogP contribution in [0.1, 0.15) is 22.7 Å². The van der Waals surface area contributed by atoms with E-state index in [9.17, 15) is 4.39 Å². The Hall–Kier alpha value is -2.36. The molecule has 3 nitrogen and oxygen atoms in total. The van der Waals surface area contributed by atoms with Crippen molar-refractivity contribution in [3.05, 3.63) is 65.0 Å². The molecule has 1 N–H and O–H groups in total. The van der Waals surface area contributed by atoms with Crippen LogP contribution in [0, 0.1) is 18.7 Å². The van der Waals surface area contributed by atoms with Crippen LogP contribution in [-0.2, 0) is 0 Å². The molecule has 2 aliphatic rings. The third-order valence-corrected chi connectivity index (χ3v) is 4.11. The zero-order valence-corrected chi connectivity index (χ0v) is 11.6. The molecule has 2 atom stereocenters. The van der Waals surface area contributed by atoms with E-state index in [1.54, 1.807) is 6.07 Å². The molecule has 0 fully saturated rings. The zero-order chi connectivity index (χ0) is 14.4. The average molecular weight is 282 g/mol. The zero-order valence-electron chi connectivity index (χ0n) is 11.6. The van der Waals surface area contributed by atoms with E-state index in [4.69, 9.17) is 4.74 Å². The summed E-state index contributed by atoms with van der Waals surface area (Å²) in [6.07, 6.45) is 0. The molecule has 106 valence electrons. The fraction of sp³-hybridized carbons (Fsp3) is 0.235. The molecule has 0 aliphatic carbocycles. The van der Waals surface area contributed by atoms with Crippen molar-refractivity contribution in [1.29, 1.82) is 0 Å².